The molecule has 0 saturated carbocycles. The maximum atomic E-state index is 10.6. The van der Waals surface area contributed by atoms with Crippen molar-refractivity contribution < 1.29 is 9.90 Å². The number of hydrogen-bond acceptors (Lipinski definition) is 4. The molecule has 1 rings (SSSR count). The Labute approximate surface area is 93.6 Å². The molecule has 0 aromatic carbocycles. The van der Waals surface area contributed by atoms with Gasteiger partial charge >= 0.3 is 5.97 Å². The fourth-order valence-corrected chi connectivity index (χ4v) is 2.08. The number of carboxylic acids is 1. The normalized spacial score (nSPS) is 11.5. The molecule has 0 atom stereocenters. The molecule has 0 amide bonds. The first-order chi connectivity index (χ1) is 6.79. The lowest BCUT2D eigenvalue weighted by atomic mass is 9.96. The Bertz CT molecular complexity index is 355. The van der Waals surface area contributed by atoms with Gasteiger partial charge in [0.05, 0.1) is 0 Å². The second-order valence-corrected chi connectivity index (χ2v) is 5.57. The Hall–Kier alpha value is -1.10. The third kappa shape index (κ3) is 3.51. The SMILES string of the molecule is CN(CC(C)(C)C)c1nc(C(=O)O)cs1. The lowest BCUT2D eigenvalue weighted by Gasteiger charge is -2.25. The molecule has 0 bridgehead atoms. The van der Waals surface area contributed by atoms with Crippen LogP contribution >= 0.6 is 11.3 Å². The van der Waals surface area contributed by atoms with Crippen LogP contribution < -0.4 is 4.90 Å². The van der Waals surface area contributed by atoms with E-state index in [0.717, 1.165) is 11.7 Å². The molecule has 1 heterocycles. The van der Waals surface area contributed by atoms with E-state index in [2.05, 4.69) is 25.8 Å². The van der Waals surface area contributed by atoms with Crippen molar-refractivity contribution in [2.75, 3.05) is 18.5 Å². The van der Waals surface area contributed by atoms with Crippen LogP contribution in [0.3, 0.4) is 0 Å². The summed E-state index contributed by atoms with van der Waals surface area (Å²) in [5, 5.41) is 11.1. The highest BCUT2D eigenvalue weighted by atomic mass is 32.1. The summed E-state index contributed by atoms with van der Waals surface area (Å²) >= 11 is 1.36. The minimum Gasteiger partial charge on any atom is -0.476 e. The van der Waals surface area contributed by atoms with E-state index >= 15 is 0 Å². The Morgan fingerprint density at radius 1 is 1.60 bits per heavy atom. The van der Waals surface area contributed by atoms with Gasteiger partial charge in [0.1, 0.15) is 0 Å². The number of anilines is 1. The summed E-state index contributed by atoms with van der Waals surface area (Å²) in [6.07, 6.45) is 0. The van der Waals surface area contributed by atoms with E-state index in [1.807, 2.05) is 11.9 Å². The second-order valence-electron chi connectivity index (χ2n) is 4.74. The molecule has 0 aliphatic carbocycles. The van der Waals surface area contributed by atoms with Gasteiger partial charge in [0.15, 0.2) is 10.8 Å². The molecule has 0 radical (unpaired) electrons. The van der Waals surface area contributed by atoms with E-state index < -0.39 is 5.97 Å². The Morgan fingerprint density at radius 3 is 2.60 bits per heavy atom. The maximum absolute atomic E-state index is 10.6. The number of carbonyl (C=O) groups is 1. The molecular weight excluding hydrogens is 212 g/mol. The molecule has 1 aromatic rings. The summed E-state index contributed by atoms with van der Waals surface area (Å²) in [6.45, 7) is 7.25. The molecule has 0 aliphatic rings. The Morgan fingerprint density at radius 2 is 2.20 bits per heavy atom. The lowest BCUT2D eigenvalue weighted by Crippen LogP contribution is -2.29. The third-order valence-electron chi connectivity index (χ3n) is 1.75. The first kappa shape index (κ1) is 12.0. The fraction of sp³-hybridized carbons (Fsp3) is 0.600. The molecule has 1 N–H and O–H groups in total. The van der Waals surface area contributed by atoms with Crippen LogP contribution in [0.25, 0.3) is 0 Å². The topological polar surface area (TPSA) is 53.4 Å². The average molecular weight is 228 g/mol. The zero-order valence-electron chi connectivity index (χ0n) is 9.44. The van der Waals surface area contributed by atoms with Crippen molar-refractivity contribution in [3.05, 3.63) is 11.1 Å². The van der Waals surface area contributed by atoms with Crippen LogP contribution in [0.1, 0.15) is 31.3 Å². The predicted molar refractivity (Wildman–Crippen MR) is 61.8 cm³/mol. The van der Waals surface area contributed by atoms with Crippen LogP contribution in [0.15, 0.2) is 5.38 Å². The van der Waals surface area contributed by atoms with Gasteiger partial charge < -0.3 is 10.0 Å². The van der Waals surface area contributed by atoms with Crippen LogP contribution in [-0.4, -0.2) is 29.7 Å². The first-order valence-electron chi connectivity index (χ1n) is 4.69. The van der Waals surface area contributed by atoms with Gasteiger partial charge in [0.2, 0.25) is 0 Å². The van der Waals surface area contributed by atoms with E-state index in [1.165, 1.54) is 11.3 Å². The van der Waals surface area contributed by atoms with Crippen LogP contribution in [0, 0.1) is 5.41 Å². The minimum atomic E-state index is -0.971. The fourth-order valence-electron chi connectivity index (χ4n) is 1.32. The summed E-state index contributed by atoms with van der Waals surface area (Å²) in [5.41, 5.74) is 0.292. The zero-order chi connectivity index (χ0) is 11.6. The highest BCUT2D eigenvalue weighted by molar-refractivity contribution is 7.13. The molecule has 5 heteroatoms. The number of aromatic carboxylic acids is 1. The van der Waals surface area contributed by atoms with Gasteiger partial charge in [-0.05, 0) is 5.41 Å². The third-order valence-corrected chi connectivity index (χ3v) is 2.70. The molecule has 0 spiro atoms. The maximum Gasteiger partial charge on any atom is 0.355 e. The highest BCUT2D eigenvalue weighted by Crippen LogP contribution is 2.23. The molecule has 0 aliphatic heterocycles. The van der Waals surface area contributed by atoms with E-state index in [1.54, 1.807) is 5.38 Å². The standard InChI is InChI=1S/C10H16N2O2S/c1-10(2,3)6-12(4)9-11-7(5-15-9)8(13)14/h5H,6H2,1-4H3,(H,13,14). The van der Waals surface area contributed by atoms with Gasteiger partial charge in [-0.2, -0.15) is 0 Å². The van der Waals surface area contributed by atoms with Crippen LogP contribution in [0.5, 0.6) is 0 Å². The predicted octanol–water partition coefficient (Wildman–Crippen LogP) is 2.32. The van der Waals surface area contributed by atoms with E-state index in [-0.39, 0.29) is 11.1 Å². The molecule has 0 unspecified atom stereocenters. The summed E-state index contributed by atoms with van der Waals surface area (Å²) in [7, 11) is 1.93. The number of nitrogens with zero attached hydrogens (tertiary/aromatic N) is 2. The largest absolute Gasteiger partial charge is 0.476 e. The highest BCUT2D eigenvalue weighted by Gasteiger charge is 2.17. The number of aromatic nitrogens is 1. The van der Waals surface area contributed by atoms with Crippen molar-refractivity contribution in [2.45, 2.75) is 20.8 Å². The summed E-state index contributed by atoms with van der Waals surface area (Å²) in [6, 6.07) is 0. The lowest BCUT2D eigenvalue weighted by molar-refractivity contribution is 0.0691. The monoisotopic (exact) mass is 228 g/mol. The van der Waals surface area contributed by atoms with Gasteiger partial charge in [-0.1, -0.05) is 20.8 Å². The molecule has 4 nitrogen and oxygen atoms in total. The number of rotatable bonds is 3. The van der Waals surface area contributed by atoms with Crippen molar-refractivity contribution in [3.8, 4) is 0 Å². The molecular formula is C10H16N2O2S. The van der Waals surface area contributed by atoms with Gasteiger partial charge in [-0.25, -0.2) is 9.78 Å². The Balaban J connectivity index is 2.74. The van der Waals surface area contributed by atoms with Gasteiger partial charge in [0, 0.05) is 19.0 Å². The second kappa shape index (κ2) is 4.18. The van der Waals surface area contributed by atoms with Crippen molar-refractivity contribution in [2.24, 2.45) is 5.41 Å². The van der Waals surface area contributed by atoms with E-state index in [4.69, 9.17) is 5.11 Å². The quantitative estimate of drug-likeness (QED) is 0.862. The van der Waals surface area contributed by atoms with Gasteiger partial charge in [-0.3, -0.25) is 0 Å². The summed E-state index contributed by atoms with van der Waals surface area (Å²) in [4.78, 5) is 16.7. The average Bonchev–Trinajstić information content (AvgIpc) is 2.47. The van der Waals surface area contributed by atoms with Crippen molar-refractivity contribution in [1.82, 2.24) is 4.98 Å². The molecule has 1 aromatic heterocycles. The molecule has 15 heavy (non-hydrogen) atoms. The summed E-state index contributed by atoms with van der Waals surface area (Å²) in [5.74, 6) is -0.971. The van der Waals surface area contributed by atoms with Crippen LogP contribution in [0.2, 0.25) is 0 Å². The number of carboxylic acid groups (broad SMARTS) is 1. The van der Waals surface area contributed by atoms with Gasteiger partial charge in [-0.15, -0.1) is 11.3 Å². The Kier molecular flexibility index (Phi) is 3.34. The minimum absolute atomic E-state index is 0.121. The molecule has 0 saturated heterocycles. The van der Waals surface area contributed by atoms with Crippen molar-refractivity contribution >= 4 is 22.4 Å². The molecule has 84 valence electrons. The van der Waals surface area contributed by atoms with Crippen LogP contribution in [0.4, 0.5) is 5.13 Å². The van der Waals surface area contributed by atoms with Crippen molar-refractivity contribution in [1.29, 1.82) is 0 Å². The van der Waals surface area contributed by atoms with E-state index in [9.17, 15) is 4.79 Å². The van der Waals surface area contributed by atoms with Crippen LogP contribution in [-0.2, 0) is 0 Å². The van der Waals surface area contributed by atoms with Gasteiger partial charge in [0.25, 0.3) is 0 Å². The number of thiazole rings is 1. The zero-order valence-corrected chi connectivity index (χ0v) is 10.3. The molecule has 0 fully saturated rings. The number of hydrogen-bond donors (Lipinski definition) is 1. The van der Waals surface area contributed by atoms with E-state index in [0.29, 0.717) is 0 Å². The first-order valence-corrected chi connectivity index (χ1v) is 5.57. The van der Waals surface area contributed by atoms with Crippen molar-refractivity contribution in [3.63, 3.8) is 0 Å². The smallest absolute Gasteiger partial charge is 0.355 e. The summed E-state index contributed by atoms with van der Waals surface area (Å²) < 4.78 is 0.